The van der Waals surface area contributed by atoms with E-state index >= 15 is 0 Å². The van der Waals surface area contributed by atoms with Crippen LogP contribution >= 0.6 is 0 Å². The lowest BCUT2D eigenvalue weighted by Crippen LogP contribution is -2.68. The summed E-state index contributed by atoms with van der Waals surface area (Å²) in [5.74, 6) is -0.189. The number of hydrogen-bond donors (Lipinski definition) is 0. The second kappa shape index (κ2) is 11.9. The number of rotatable bonds is 10. The topological polar surface area (TPSA) is 94.1 Å². The first-order valence-corrected chi connectivity index (χ1v) is 12.8. The SMILES string of the molecule is CCC[N@@+]1(c2cccc(OCC(=O)OC(C)(C)C)c2)CCCC(c2ccc(OC)c(OC)c2)[C@H]1C(=O)[O-]. The Balaban J connectivity index is 1.98. The quantitative estimate of drug-likeness (QED) is 0.352. The van der Waals surface area contributed by atoms with Gasteiger partial charge in [0.2, 0.25) is 0 Å². The van der Waals surface area contributed by atoms with E-state index < -0.39 is 23.6 Å². The van der Waals surface area contributed by atoms with E-state index in [1.807, 2.05) is 36.4 Å². The highest BCUT2D eigenvalue weighted by Crippen LogP contribution is 2.44. The van der Waals surface area contributed by atoms with Gasteiger partial charge in [0.15, 0.2) is 18.1 Å². The van der Waals surface area contributed by atoms with Gasteiger partial charge in [0.05, 0.1) is 27.3 Å². The van der Waals surface area contributed by atoms with Gasteiger partial charge in [0.1, 0.15) is 29.0 Å². The Morgan fingerprint density at radius 3 is 2.41 bits per heavy atom. The predicted molar refractivity (Wildman–Crippen MR) is 140 cm³/mol. The molecule has 2 aromatic carbocycles. The number of carboxylic acids is 1. The number of nitrogens with zero attached hydrogens (tertiary/aromatic N) is 1. The van der Waals surface area contributed by atoms with Crippen molar-refractivity contribution >= 4 is 17.6 Å². The third-order valence-electron chi connectivity index (χ3n) is 6.79. The van der Waals surface area contributed by atoms with Gasteiger partial charge in [0, 0.05) is 12.0 Å². The highest BCUT2D eigenvalue weighted by Gasteiger charge is 2.48. The first-order valence-electron chi connectivity index (χ1n) is 12.8. The third-order valence-corrected chi connectivity index (χ3v) is 6.79. The fourth-order valence-corrected chi connectivity index (χ4v) is 5.47. The first-order chi connectivity index (χ1) is 17.5. The number of carbonyl (C=O) groups excluding carboxylic acids is 2. The number of carbonyl (C=O) groups is 2. The Hall–Kier alpha value is -3.26. The second-order valence-corrected chi connectivity index (χ2v) is 10.5. The number of quaternary nitrogens is 1. The van der Waals surface area contributed by atoms with E-state index in [2.05, 4.69) is 6.92 Å². The molecule has 1 unspecified atom stereocenters. The molecular formula is C29H39NO7. The molecule has 2 aromatic rings. The number of methoxy groups -OCH3 is 2. The Kier molecular flexibility index (Phi) is 9.07. The van der Waals surface area contributed by atoms with E-state index in [0.29, 0.717) is 36.8 Å². The monoisotopic (exact) mass is 513 g/mol. The maximum Gasteiger partial charge on any atom is 0.344 e. The van der Waals surface area contributed by atoms with Crippen LogP contribution in [0.3, 0.4) is 0 Å². The van der Waals surface area contributed by atoms with Crippen LogP contribution in [-0.2, 0) is 14.3 Å². The second-order valence-electron chi connectivity index (χ2n) is 10.5. The minimum Gasteiger partial charge on any atom is -0.544 e. The number of hydrogen-bond acceptors (Lipinski definition) is 7. The number of carboxylic acid groups (broad SMARTS) is 1. The van der Waals surface area contributed by atoms with Crippen molar-refractivity contribution in [3.05, 3.63) is 48.0 Å². The molecule has 8 heteroatoms. The lowest BCUT2D eigenvalue weighted by molar-refractivity contribution is -0.313. The molecule has 3 rings (SSSR count). The number of benzene rings is 2. The maximum atomic E-state index is 12.8. The van der Waals surface area contributed by atoms with E-state index in [-0.39, 0.29) is 17.0 Å². The lowest BCUT2D eigenvalue weighted by Gasteiger charge is -2.51. The van der Waals surface area contributed by atoms with Crippen molar-refractivity contribution in [2.75, 3.05) is 33.9 Å². The molecule has 0 aromatic heterocycles. The molecule has 0 N–H and O–H groups in total. The minimum absolute atomic E-state index is 0.229. The van der Waals surface area contributed by atoms with Crippen molar-refractivity contribution in [2.45, 2.75) is 64.5 Å². The molecule has 0 amide bonds. The van der Waals surface area contributed by atoms with E-state index in [0.717, 1.165) is 24.1 Å². The zero-order chi connectivity index (χ0) is 27.2. The van der Waals surface area contributed by atoms with Crippen LogP contribution in [0.4, 0.5) is 5.69 Å². The number of ether oxygens (including phenoxy) is 4. The maximum absolute atomic E-state index is 12.8. The molecule has 1 aliphatic heterocycles. The molecule has 3 atom stereocenters. The molecule has 1 heterocycles. The summed E-state index contributed by atoms with van der Waals surface area (Å²) in [4.78, 5) is 25.0. The Bertz CT molecular complexity index is 1090. The molecule has 0 radical (unpaired) electrons. The number of likely N-dealkylation sites (tertiary alicyclic amines) is 1. The van der Waals surface area contributed by atoms with Gasteiger partial charge in [-0.1, -0.05) is 19.1 Å². The van der Waals surface area contributed by atoms with E-state index in [9.17, 15) is 14.7 Å². The van der Waals surface area contributed by atoms with Crippen LogP contribution in [0.25, 0.3) is 0 Å². The van der Waals surface area contributed by atoms with E-state index in [1.54, 1.807) is 41.1 Å². The average molecular weight is 514 g/mol. The van der Waals surface area contributed by atoms with Crippen LogP contribution in [0.15, 0.2) is 42.5 Å². The zero-order valence-electron chi connectivity index (χ0n) is 22.7. The average Bonchev–Trinajstić information content (AvgIpc) is 2.86. The largest absolute Gasteiger partial charge is 0.544 e. The molecule has 37 heavy (non-hydrogen) atoms. The van der Waals surface area contributed by atoms with Crippen LogP contribution in [0, 0.1) is 0 Å². The summed E-state index contributed by atoms with van der Waals surface area (Å²) in [6.07, 6.45) is 2.34. The minimum atomic E-state index is -1.09. The molecule has 0 bridgehead atoms. The highest BCUT2D eigenvalue weighted by atomic mass is 16.6. The normalized spacial score (nSPS) is 21.7. The smallest absolute Gasteiger partial charge is 0.344 e. The highest BCUT2D eigenvalue weighted by molar-refractivity contribution is 5.77. The van der Waals surface area contributed by atoms with Gasteiger partial charge in [-0.25, -0.2) is 4.79 Å². The van der Waals surface area contributed by atoms with Gasteiger partial charge in [-0.15, -0.1) is 0 Å². The molecule has 1 saturated heterocycles. The summed E-state index contributed by atoms with van der Waals surface area (Å²) in [6, 6.07) is 12.2. The Morgan fingerprint density at radius 2 is 1.78 bits per heavy atom. The van der Waals surface area contributed by atoms with E-state index in [1.165, 1.54) is 0 Å². The summed E-state index contributed by atoms with van der Waals surface area (Å²) in [6.45, 7) is 8.51. The lowest BCUT2D eigenvalue weighted by atomic mass is 9.80. The van der Waals surface area contributed by atoms with Gasteiger partial charge in [0.25, 0.3) is 0 Å². The molecule has 0 aliphatic carbocycles. The first kappa shape index (κ1) is 28.3. The van der Waals surface area contributed by atoms with E-state index in [4.69, 9.17) is 18.9 Å². The van der Waals surface area contributed by atoms with Crippen molar-refractivity contribution in [1.82, 2.24) is 4.48 Å². The standard InChI is InChI=1S/C29H39NO7/c1-7-15-30(21-10-8-11-22(18-21)36-19-26(31)37-29(2,3)4)16-9-12-23(27(30)28(32)33)20-13-14-24(34-5)25(17-20)35-6/h8,10-11,13-14,17-18,23,27H,7,9,12,15-16,19H2,1-6H3/t23?,27-,30-/m0/s1. The summed E-state index contributed by atoms with van der Waals surface area (Å²) in [7, 11) is 3.14. The summed E-state index contributed by atoms with van der Waals surface area (Å²) in [5, 5.41) is 12.8. The Morgan fingerprint density at radius 1 is 1.05 bits per heavy atom. The van der Waals surface area contributed by atoms with Crippen LogP contribution in [0.1, 0.15) is 58.4 Å². The number of piperidine rings is 1. The van der Waals surface area contributed by atoms with Crippen LogP contribution in [0.5, 0.6) is 17.2 Å². The molecule has 1 aliphatic rings. The van der Waals surface area contributed by atoms with Crippen molar-refractivity contribution in [3.8, 4) is 17.2 Å². The molecule has 1 fully saturated rings. The molecule has 8 nitrogen and oxygen atoms in total. The van der Waals surface area contributed by atoms with Crippen LogP contribution < -0.4 is 23.8 Å². The summed E-state index contributed by atoms with van der Waals surface area (Å²) in [5.41, 5.74) is 1.10. The fourth-order valence-electron chi connectivity index (χ4n) is 5.47. The van der Waals surface area contributed by atoms with Crippen molar-refractivity contribution in [3.63, 3.8) is 0 Å². The number of aliphatic carboxylic acids is 1. The van der Waals surface area contributed by atoms with Crippen molar-refractivity contribution < 1.29 is 33.6 Å². The molecule has 0 spiro atoms. The Labute approximate surface area is 219 Å². The van der Waals surface area contributed by atoms with Gasteiger partial charge >= 0.3 is 5.97 Å². The number of esters is 1. The van der Waals surface area contributed by atoms with Gasteiger partial charge < -0.3 is 28.8 Å². The van der Waals surface area contributed by atoms with Crippen LogP contribution in [0.2, 0.25) is 0 Å². The van der Waals surface area contributed by atoms with Crippen molar-refractivity contribution in [1.29, 1.82) is 0 Å². The molecular weight excluding hydrogens is 474 g/mol. The summed E-state index contributed by atoms with van der Waals surface area (Å²) >= 11 is 0. The van der Waals surface area contributed by atoms with Gasteiger partial charge in [-0.2, -0.15) is 0 Å². The van der Waals surface area contributed by atoms with Crippen LogP contribution in [-0.4, -0.2) is 57.5 Å². The van der Waals surface area contributed by atoms with Gasteiger partial charge in [-0.3, -0.25) is 4.48 Å². The van der Waals surface area contributed by atoms with Gasteiger partial charge in [-0.05, 0) is 69.9 Å². The predicted octanol–water partition coefficient (Wildman–Crippen LogP) is 3.84. The van der Waals surface area contributed by atoms with Crippen molar-refractivity contribution in [2.24, 2.45) is 0 Å². The summed E-state index contributed by atoms with van der Waals surface area (Å²) < 4.78 is 22.2. The molecule has 0 saturated carbocycles. The zero-order valence-corrected chi connectivity index (χ0v) is 22.7. The molecule has 202 valence electrons. The fraction of sp³-hybridized carbons (Fsp3) is 0.517. The third kappa shape index (κ3) is 6.55.